The number of halogens is 1. The van der Waals surface area contributed by atoms with Gasteiger partial charge in [0.2, 0.25) is 0 Å². The van der Waals surface area contributed by atoms with E-state index in [1.54, 1.807) is 11.8 Å². The molecule has 30 heavy (non-hydrogen) atoms. The Balaban J connectivity index is 2.01. The largest absolute Gasteiger partial charge is 0.513 e. The van der Waals surface area contributed by atoms with Crippen molar-refractivity contribution in [2.45, 2.75) is 30.4 Å². The Morgan fingerprint density at radius 3 is 2.67 bits per heavy atom. The molecule has 1 aliphatic heterocycles. The quantitative estimate of drug-likeness (QED) is 0.445. The van der Waals surface area contributed by atoms with Gasteiger partial charge in [-0.2, -0.15) is 5.26 Å². The predicted molar refractivity (Wildman–Crippen MR) is 118 cm³/mol. The molecule has 0 fully saturated rings. The molecule has 0 aromatic heterocycles. The molecule has 1 atom stereocenters. The second-order valence-electron chi connectivity index (χ2n) is 6.71. The van der Waals surface area contributed by atoms with Crippen LogP contribution in [-0.2, 0) is 15.2 Å². The molecule has 1 heterocycles. The number of nitriles is 1. The number of nitrogens with one attached hydrogen (secondary N) is 1. The molecule has 0 spiro atoms. The number of thioether (sulfide) groups is 1. The zero-order valence-corrected chi connectivity index (χ0v) is 18.4. The molecule has 1 aliphatic rings. The Bertz CT molecular complexity index is 1070. The van der Waals surface area contributed by atoms with Crippen LogP contribution in [0.5, 0.6) is 0 Å². The molecular formula is C23H21ClN2O3S. The SMILES string of the molecule is COC(=O)OC1=C(C)NC(C)=C(C#N)C1c1ccccc1SCc1cccc(Cl)c1. The Hall–Kier alpha value is -2.88. The predicted octanol–water partition coefficient (Wildman–Crippen LogP) is 6.13. The van der Waals surface area contributed by atoms with E-state index in [9.17, 15) is 10.1 Å². The normalized spacial score (nSPS) is 16.0. The van der Waals surface area contributed by atoms with Crippen LogP contribution in [0.1, 0.15) is 30.9 Å². The summed E-state index contributed by atoms with van der Waals surface area (Å²) in [5.41, 5.74) is 3.87. The standard InChI is InChI=1S/C23H21ClN2O3S/c1-14-19(12-25)21(22(15(2)26-14)29-23(27)28-3)18-9-4-5-10-20(18)30-13-16-7-6-8-17(24)11-16/h4-11,21,26H,13H2,1-3H3. The Kier molecular flexibility index (Phi) is 7.09. The summed E-state index contributed by atoms with van der Waals surface area (Å²) in [6.45, 7) is 3.65. The van der Waals surface area contributed by atoms with Crippen molar-refractivity contribution in [3.63, 3.8) is 0 Å². The highest BCUT2D eigenvalue weighted by molar-refractivity contribution is 7.98. The summed E-state index contributed by atoms with van der Waals surface area (Å²) < 4.78 is 10.2. The summed E-state index contributed by atoms with van der Waals surface area (Å²) in [6.07, 6.45) is -0.822. The Morgan fingerprint density at radius 1 is 1.20 bits per heavy atom. The smallest absolute Gasteiger partial charge is 0.437 e. The van der Waals surface area contributed by atoms with Gasteiger partial charge < -0.3 is 14.8 Å². The zero-order valence-electron chi connectivity index (χ0n) is 16.9. The van der Waals surface area contributed by atoms with Crippen LogP contribution >= 0.6 is 23.4 Å². The topological polar surface area (TPSA) is 71.3 Å². The molecule has 0 aliphatic carbocycles. The van der Waals surface area contributed by atoms with Crippen molar-refractivity contribution in [3.8, 4) is 6.07 Å². The molecule has 0 amide bonds. The lowest BCUT2D eigenvalue weighted by Gasteiger charge is -2.29. The number of hydrogen-bond acceptors (Lipinski definition) is 6. The first-order chi connectivity index (χ1) is 14.4. The second kappa shape index (κ2) is 9.75. The van der Waals surface area contributed by atoms with Gasteiger partial charge >= 0.3 is 6.16 Å². The number of carbonyl (C=O) groups excluding carboxylic acids is 1. The number of benzene rings is 2. The van der Waals surface area contributed by atoms with Crippen molar-refractivity contribution in [2.75, 3.05) is 7.11 Å². The van der Waals surface area contributed by atoms with E-state index in [0.717, 1.165) is 21.7 Å². The third-order valence-corrected chi connectivity index (χ3v) is 6.09. The maximum Gasteiger partial charge on any atom is 0.513 e. The van der Waals surface area contributed by atoms with Gasteiger partial charge in [-0.25, -0.2) is 4.79 Å². The number of rotatable bonds is 5. The zero-order chi connectivity index (χ0) is 21.7. The van der Waals surface area contributed by atoms with Gasteiger partial charge in [-0.15, -0.1) is 11.8 Å². The van der Waals surface area contributed by atoms with Crippen LogP contribution in [0.25, 0.3) is 0 Å². The maximum atomic E-state index is 11.9. The molecule has 1 N–H and O–H groups in total. The van der Waals surface area contributed by atoms with Crippen LogP contribution in [0, 0.1) is 11.3 Å². The fraction of sp³-hybridized carbons (Fsp3) is 0.217. The lowest BCUT2D eigenvalue weighted by molar-refractivity contribution is 0.0921. The van der Waals surface area contributed by atoms with Gasteiger partial charge in [0.25, 0.3) is 0 Å². The Labute approximate surface area is 185 Å². The first-order valence-corrected chi connectivity index (χ1v) is 10.6. The van der Waals surface area contributed by atoms with Crippen LogP contribution in [-0.4, -0.2) is 13.3 Å². The van der Waals surface area contributed by atoms with Gasteiger partial charge in [0.1, 0.15) is 5.76 Å². The van der Waals surface area contributed by atoms with Gasteiger partial charge in [0.05, 0.1) is 30.4 Å². The van der Waals surface area contributed by atoms with Crippen molar-refractivity contribution in [3.05, 3.63) is 87.4 Å². The van der Waals surface area contributed by atoms with Crippen LogP contribution < -0.4 is 5.32 Å². The fourth-order valence-corrected chi connectivity index (χ4v) is 4.57. The third kappa shape index (κ3) is 4.81. The highest BCUT2D eigenvalue weighted by Gasteiger charge is 2.33. The molecule has 2 aromatic rings. The van der Waals surface area contributed by atoms with E-state index in [-0.39, 0.29) is 0 Å². The maximum absolute atomic E-state index is 11.9. The van der Waals surface area contributed by atoms with Crippen molar-refractivity contribution in [2.24, 2.45) is 0 Å². The number of dihydropyridines is 1. The number of hydrogen-bond donors (Lipinski definition) is 1. The number of allylic oxidation sites excluding steroid dienone is 3. The van der Waals surface area contributed by atoms with Gasteiger partial charge in [-0.1, -0.05) is 41.9 Å². The highest BCUT2D eigenvalue weighted by Crippen LogP contribution is 2.42. The first-order valence-electron chi connectivity index (χ1n) is 9.25. The lowest BCUT2D eigenvalue weighted by Crippen LogP contribution is -2.26. The molecule has 0 bridgehead atoms. The molecule has 3 rings (SSSR count). The minimum Gasteiger partial charge on any atom is -0.437 e. The lowest BCUT2D eigenvalue weighted by atomic mass is 9.86. The molecular weight excluding hydrogens is 420 g/mol. The van der Waals surface area contributed by atoms with Crippen molar-refractivity contribution in [1.29, 1.82) is 5.26 Å². The molecule has 2 aromatic carbocycles. The molecule has 7 heteroatoms. The van der Waals surface area contributed by atoms with Crippen LogP contribution in [0.2, 0.25) is 5.02 Å². The van der Waals surface area contributed by atoms with Crippen LogP contribution in [0.3, 0.4) is 0 Å². The van der Waals surface area contributed by atoms with Gasteiger partial charge in [0.15, 0.2) is 0 Å². The molecule has 0 radical (unpaired) electrons. The first kappa shape index (κ1) is 21.8. The van der Waals surface area contributed by atoms with E-state index >= 15 is 0 Å². The number of ether oxygens (including phenoxy) is 2. The molecule has 154 valence electrons. The van der Waals surface area contributed by atoms with Crippen LogP contribution in [0.15, 0.2) is 76.2 Å². The summed E-state index contributed by atoms with van der Waals surface area (Å²) in [5, 5.41) is 13.7. The van der Waals surface area contributed by atoms with E-state index in [0.29, 0.717) is 27.8 Å². The fourth-order valence-electron chi connectivity index (χ4n) is 3.32. The van der Waals surface area contributed by atoms with E-state index in [1.807, 2.05) is 62.4 Å². The summed E-state index contributed by atoms with van der Waals surface area (Å²) in [6, 6.07) is 17.8. The molecule has 5 nitrogen and oxygen atoms in total. The minimum absolute atomic E-state index is 0.361. The monoisotopic (exact) mass is 440 g/mol. The Morgan fingerprint density at radius 2 is 1.97 bits per heavy atom. The van der Waals surface area contributed by atoms with Gasteiger partial charge in [0, 0.05) is 21.4 Å². The minimum atomic E-state index is -0.822. The van der Waals surface area contributed by atoms with Crippen molar-refractivity contribution < 1.29 is 14.3 Å². The number of nitrogens with zero attached hydrogens (tertiary/aromatic N) is 1. The summed E-state index contributed by atoms with van der Waals surface area (Å²) in [4.78, 5) is 12.9. The van der Waals surface area contributed by atoms with Crippen molar-refractivity contribution >= 4 is 29.5 Å². The van der Waals surface area contributed by atoms with Gasteiger partial charge in [-0.3, -0.25) is 0 Å². The summed E-state index contributed by atoms with van der Waals surface area (Å²) >= 11 is 7.74. The number of carbonyl (C=O) groups is 1. The molecule has 1 unspecified atom stereocenters. The van der Waals surface area contributed by atoms with E-state index in [1.165, 1.54) is 7.11 Å². The van der Waals surface area contributed by atoms with E-state index in [4.69, 9.17) is 16.3 Å². The van der Waals surface area contributed by atoms with Crippen molar-refractivity contribution in [1.82, 2.24) is 5.32 Å². The average molecular weight is 441 g/mol. The van der Waals surface area contributed by atoms with Crippen LogP contribution in [0.4, 0.5) is 4.79 Å². The highest BCUT2D eigenvalue weighted by atomic mass is 35.5. The second-order valence-corrected chi connectivity index (χ2v) is 8.16. The van der Waals surface area contributed by atoms with E-state index in [2.05, 4.69) is 16.1 Å². The number of methoxy groups -OCH3 is 1. The summed E-state index contributed by atoms with van der Waals surface area (Å²) in [5.74, 6) is 0.557. The van der Waals surface area contributed by atoms with E-state index < -0.39 is 12.1 Å². The molecule has 0 saturated heterocycles. The molecule has 0 saturated carbocycles. The average Bonchev–Trinajstić information content (AvgIpc) is 2.74. The van der Waals surface area contributed by atoms with Gasteiger partial charge in [-0.05, 0) is 43.2 Å². The third-order valence-electron chi connectivity index (χ3n) is 4.69. The summed E-state index contributed by atoms with van der Waals surface area (Å²) in [7, 11) is 1.25.